The Morgan fingerprint density at radius 1 is 1.15 bits per heavy atom. The summed E-state index contributed by atoms with van der Waals surface area (Å²) in [5.74, 6) is 0. The molecule has 0 N–H and O–H groups in total. The van der Waals surface area contributed by atoms with Crippen molar-refractivity contribution in [1.29, 1.82) is 5.26 Å². The Labute approximate surface area is 78.6 Å². The van der Waals surface area contributed by atoms with E-state index < -0.39 is 5.41 Å². The van der Waals surface area contributed by atoms with Gasteiger partial charge >= 0.3 is 0 Å². The molecule has 1 rings (SSSR count). The van der Waals surface area contributed by atoms with Crippen LogP contribution in [0, 0.1) is 11.3 Å². The van der Waals surface area contributed by atoms with Crippen molar-refractivity contribution in [2.24, 2.45) is 0 Å². The summed E-state index contributed by atoms with van der Waals surface area (Å²) in [5.41, 5.74) is 0.156. The highest BCUT2D eigenvalue weighted by Gasteiger charge is 2.23. The van der Waals surface area contributed by atoms with Crippen LogP contribution in [0.15, 0.2) is 55.6 Å². The molecule has 0 aliphatic rings. The lowest BCUT2D eigenvalue weighted by molar-refractivity contribution is 0.879. The van der Waals surface area contributed by atoms with Crippen molar-refractivity contribution < 1.29 is 0 Å². The monoisotopic (exact) mass is 169 g/mol. The minimum atomic E-state index is -0.749. The Morgan fingerprint density at radius 3 is 2.08 bits per heavy atom. The summed E-state index contributed by atoms with van der Waals surface area (Å²) < 4.78 is 0. The topological polar surface area (TPSA) is 23.8 Å². The highest BCUT2D eigenvalue weighted by Crippen LogP contribution is 2.25. The van der Waals surface area contributed by atoms with Crippen molar-refractivity contribution in [3.8, 4) is 6.07 Å². The molecule has 0 aromatic heterocycles. The van der Waals surface area contributed by atoms with E-state index in [0.717, 1.165) is 5.56 Å². The number of nitriles is 1. The lowest BCUT2D eigenvalue weighted by Crippen LogP contribution is -2.16. The molecule has 1 heteroatoms. The first-order valence-corrected chi connectivity index (χ1v) is 4.03. The molecular formula is C12H11N. The van der Waals surface area contributed by atoms with Crippen LogP contribution >= 0.6 is 0 Å². The van der Waals surface area contributed by atoms with Crippen LogP contribution < -0.4 is 0 Å². The van der Waals surface area contributed by atoms with Crippen LogP contribution in [0.1, 0.15) is 5.56 Å². The number of rotatable bonds is 3. The maximum atomic E-state index is 9.04. The van der Waals surface area contributed by atoms with Crippen LogP contribution in [0.5, 0.6) is 0 Å². The zero-order valence-corrected chi connectivity index (χ0v) is 7.40. The summed E-state index contributed by atoms with van der Waals surface area (Å²) in [4.78, 5) is 0. The Kier molecular flexibility index (Phi) is 2.66. The van der Waals surface area contributed by atoms with Crippen molar-refractivity contribution in [3.63, 3.8) is 0 Å². The third kappa shape index (κ3) is 1.52. The van der Waals surface area contributed by atoms with E-state index in [2.05, 4.69) is 19.2 Å². The second-order valence-corrected chi connectivity index (χ2v) is 2.76. The predicted octanol–water partition coefficient (Wildman–Crippen LogP) is 2.82. The second kappa shape index (κ2) is 3.73. The van der Waals surface area contributed by atoms with Crippen molar-refractivity contribution in [3.05, 3.63) is 61.2 Å². The maximum absolute atomic E-state index is 9.04. The Balaban J connectivity index is 3.26. The molecular weight excluding hydrogens is 158 g/mol. The zero-order valence-electron chi connectivity index (χ0n) is 7.40. The van der Waals surface area contributed by atoms with E-state index >= 15 is 0 Å². The summed E-state index contributed by atoms with van der Waals surface area (Å²) in [6.45, 7) is 7.31. The number of benzene rings is 1. The molecule has 0 bridgehead atoms. The highest BCUT2D eigenvalue weighted by molar-refractivity contribution is 5.42. The molecule has 1 aromatic rings. The summed E-state index contributed by atoms with van der Waals surface area (Å²) in [6, 6.07) is 11.7. The van der Waals surface area contributed by atoms with Gasteiger partial charge in [0.25, 0.3) is 0 Å². The number of allylic oxidation sites excluding steroid dienone is 2. The van der Waals surface area contributed by atoms with Gasteiger partial charge in [-0.05, 0) is 5.56 Å². The normalized spacial score (nSPS) is 10.1. The largest absolute Gasteiger partial charge is 0.197 e. The van der Waals surface area contributed by atoms with Crippen LogP contribution in [-0.4, -0.2) is 0 Å². The summed E-state index contributed by atoms with van der Waals surface area (Å²) in [7, 11) is 0. The number of nitrogens with zero attached hydrogens (tertiary/aromatic N) is 1. The minimum absolute atomic E-state index is 0.749. The van der Waals surface area contributed by atoms with Gasteiger partial charge < -0.3 is 0 Å². The standard InChI is InChI=1S/C12H11N/c1-3-12(4-2,10-13)11-8-6-5-7-9-11/h3-9H,1-2H2. The molecule has 0 heterocycles. The zero-order chi connectivity index (χ0) is 9.73. The summed E-state index contributed by atoms with van der Waals surface area (Å²) >= 11 is 0. The summed E-state index contributed by atoms with van der Waals surface area (Å²) in [6.07, 6.45) is 3.21. The van der Waals surface area contributed by atoms with Gasteiger partial charge in [0.2, 0.25) is 0 Å². The molecule has 64 valence electrons. The van der Waals surface area contributed by atoms with Crippen molar-refractivity contribution >= 4 is 0 Å². The van der Waals surface area contributed by atoms with Crippen molar-refractivity contribution in [2.75, 3.05) is 0 Å². The molecule has 0 unspecified atom stereocenters. The smallest absolute Gasteiger partial charge is 0.118 e. The fourth-order valence-electron chi connectivity index (χ4n) is 1.19. The molecule has 0 amide bonds. The van der Waals surface area contributed by atoms with Gasteiger partial charge in [0.15, 0.2) is 0 Å². The van der Waals surface area contributed by atoms with Crippen molar-refractivity contribution in [2.45, 2.75) is 5.41 Å². The molecule has 0 saturated heterocycles. The van der Waals surface area contributed by atoms with Crippen LogP contribution in [0.25, 0.3) is 0 Å². The molecule has 0 spiro atoms. The Hall–Kier alpha value is -1.81. The first-order valence-electron chi connectivity index (χ1n) is 4.03. The first kappa shape index (κ1) is 9.28. The number of hydrogen-bond donors (Lipinski definition) is 0. The van der Waals surface area contributed by atoms with Gasteiger partial charge in [0, 0.05) is 0 Å². The third-order valence-corrected chi connectivity index (χ3v) is 2.08. The van der Waals surface area contributed by atoms with Crippen LogP contribution in [0.4, 0.5) is 0 Å². The van der Waals surface area contributed by atoms with E-state index in [-0.39, 0.29) is 0 Å². The van der Waals surface area contributed by atoms with Gasteiger partial charge in [-0.2, -0.15) is 5.26 Å². The van der Waals surface area contributed by atoms with Crippen LogP contribution in [-0.2, 0) is 5.41 Å². The Morgan fingerprint density at radius 2 is 1.69 bits per heavy atom. The van der Waals surface area contributed by atoms with Gasteiger partial charge in [-0.3, -0.25) is 0 Å². The molecule has 13 heavy (non-hydrogen) atoms. The van der Waals surface area contributed by atoms with Crippen LogP contribution in [0.3, 0.4) is 0 Å². The van der Waals surface area contributed by atoms with E-state index in [1.807, 2.05) is 30.3 Å². The molecule has 1 aromatic carbocycles. The molecule has 0 fully saturated rings. The lowest BCUT2D eigenvalue weighted by atomic mass is 9.82. The van der Waals surface area contributed by atoms with E-state index in [1.54, 1.807) is 12.2 Å². The van der Waals surface area contributed by atoms with E-state index in [4.69, 9.17) is 5.26 Å². The summed E-state index contributed by atoms with van der Waals surface area (Å²) in [5, 5.41) is 9.04. The van der Waals surface area contributed by atoms with Gasteiger partial charge in [-0.15, -0.1) is 13.2 Å². The third-order valence-electron chi connectivity index (χ3n) is 2.08. The fraction of sp³-hybridized carbons (Fsp3) is 0.0833. The predicted molar refractivity (Wildman–Crippen MR) is 54.1 cm³/mol. The second-order valence-electron chi connectivity index (χ2n) is 2.76. The highest BCUT2D eigenvalue weighted by atomic mass is 14.3. The SMILES string of the molecule is C=CC(C#N)(C=C)c1ccccc1. The van der Waals surface area contributed by atoms with Crippen molar-refractivity contribution in [1.82, 2.24) is 0 Å². The molecule has 0 aliphatic heterocycles. The maximum Gasteiger partial charge on any atom is 0.118 e. The van der Waals surface area contributed by atoms with E-state index in [1.165, 1.54) is 0 Å². The van der Waals surface area contributed by atoms with Gasteiger partial charge in [0.1, 0.15) is 5.41 Å². The van der Waals surface area contributed by atoms with Gasteiger partial charge in [-0.25, -0.2) is 0 Å². The molecule has 1 nitrogen and oxygen atoms in total. The average molecular weight is 169 g/mol. The molecule has 0 radical (unpaired) electrons. The minimum Gasteiger partial charge on any atom is -0.197 e. The van der Waals surface area contributed by atoms with E-state index in [0.29, 0.717) is 0 Å². The fourth-order valence-corrected chi connectivity index (χ4v) is 1.19. The lowest BCUT2D eigenvalue weighted by Gasteiger charge is -2.17. The molecule has 0 aliphatic carbocycles. The molecule has 0 atom stereocenters. The van der Waals surface area contributed by atoms with Gasteiger partial charge in [0.05, 0.1) is 6.07 Å². The van der Waals surface area contributed by atoms with Gasteiger partial charge in [-0.1, -0.05) is 42.5 Å². The van der Waals surface area contributed by atoms with Crippen LogP contribution in [0.2, 0.25) is 0 Å². The molecule has 0 saturated carbocycles. The Bertz CT molecular complexity index is 335. The van der Waals surface area contributed by atoms with E-state index in [9.17, 15) is 0 Å². The number of hydrogen-bond acceptors (Lipinski definition) is 1. The first-order chi connectivity index (χ1) is 6.29. The quantitative estimate of drug-likeness (QED) is 0.638. The average Bonchev–Trinajstić information content (AvgIpc) is 2.23.